The molecule has 106 valence electrons. The monoisotopic (exact) mass is 292 g/mol. The number of esters is 1. The molecule has 9 heteroatoms. The van der Waals surface area contributed by atoms with Crippen LogP contribution < -0.4 is 10.5 Å². The van der Waals surface area contributed by atoms with Gasteiger partial charge in [-0.05, 0) is 18.2 Å². The number of benzene rings is 1. The van der Waals surface area contributed by atoms with Gasteiger partial charge in [0.05, 0.1) is 12.8 Å². The zero-order valence-electron chi connectivity index (χ0n) is 9.96. The van der Waals surface area contributed by atoms with E-state index >= 15 is 0 Å². The molecule has 4 N–H and O–H groups in total. The van der Waals surface area contributed by atoms with Crippen molar-refractivity contribution in [2.24, 2.45) is 0 Å². The lowest BCUT2D eigenvalue weighted by Crippen LogP contribution is -2.37. The Kier molecular flexibility index (Phi) is 4.81. The van der Waals surface area contributed by atoms with Crippen molar-refractivity contribution < 1.29 is 27.4 Å². The van der Waals surface area contributed by atoms with Crippen LogP contribution in [0.3, 0.4) is 0 Å². The largest absolute Gasteiger partial charge is 0.467 e. The maximum absolute atomic E-state index is 12.8. The summed E-state index contributed by atoms with van der Waals surface area (Å²) >= 11 is 0. The smallest absolute Gasteiger partial charge is 0.336 e. The maximum Gasteiger partial charge on any atom is 0.336 e. The van der Waals surface area contributed by atoms with Crippen LogP contribution in [0, 0.1) is 5.82 Å². The molecule has 1 unspecified atom stereocenters. The third kappa shape index (κ3) is 3.88. The van der Waals surface area contributed by atoms with Gasteiger partial charge in [-0.2, -0.15) is 0 Å². The quantitative estimate of drug-likeness (QED) is 0.484. The van der Waals surface area contributed by atoms with E-state index in [1.807, 2.05) is 4.72 Å². The van der Waals surface area contributed by atoms with Crippen molar-refractivity contribution in [2.45, 2.75) is 11.0 Å². The minimum Gasteiger partial charge on any atom is -0.467 e. The summed E-state index contributed by atoms with van der Waals surface area (Å²) < 4.78 is 42.6. The van der Waals surface area contributed by atoms with E-state index in [1.165, 1.54) is 0 Å². The minimum atomic E-state index is -4.05. The number of carbonyl (C=O) groups is 1. The highest BCUT2D eigenvalue weighted by Gasteiger charge is 2.22. The molecule has 7 nitrogen and oxygen atoms in total. The van der Waals surface area contributed by atoms with Gasteiger partial charge in [0.25, 0.3) is 0 Å². The number of nitrogens with one attached hydrogen (secondary N) is 1. The molecule has 1 atom stereocenters. The normalized spacial score (nSPS) is 13.0. The fourth-order valence-electron chi connectivity index (χ4n) is 1.25. The summed E-state index contributed by atoms with van der Waals surface area (Å²) in [5.74, 6) is -1.65. The molecule has 0 saturated heterocycles. The molecule has 0 aliphatic rings. The number of aliphatic hydroxyl groups is 1. The number of nitrogens with two attached hydrogens (primary N) is 1. The van der Waals surface area contributed by atoms with Gasteiger partial charge in [0.1, 0.15) is 10.7 Å². The molecule has 0 aromatic heterocycles. The average molecular weight is 292 g/mol. The molecule has 0 aliphatic carbocycles. The van der Waals surface area contributed by atoms with Crippen LogP contribution in [-0.2, 0) is 19.6 Å². The first-order chi connectivity index (χ1) is 8.77. The average Bonchev–Trinajstić information content (AvgIpc) is 2.34. The number of rotatable bonds is 5. The number of carbonyl (C=O) groups excluding carboxylic acids is 1. The van der Waals surface area contributed by atoms with Gasteiger partial charge in [0.2, 0.25) is 10.0 Å². The Labute approximate surface area is 109 Å². The Bertz CT molecular complexity index is 575. The van der Waals surface area contributed by atoms with E-state index in [2.05, 4.69) is 4.74 Å². The molecule has 1 aromatic rings. The summed E-state index contributed by atoms with van der Waals surface area (Å²) in [5.41, 5.74) is 5.11. The van der Waals surface area contributed by atoms with Crippen molar-refractivity contribution in [1.82, 2.24) is 4.72 Å². The molecule has 0 bridgehead atoms. The topological polar surface area (TPSA) is 119 Å². The summed E-state index contributed by atoms with van der Waals surface area (Å²) in [7, 11) is -3.00. The molecule has 0 radical (unpaired) electrons. The van der Waals surface area contributed by atoms with Gasteiger partial charge in [0, 0.05) is 6.54 Å². The van der Waals surface area contributed by atoms with Crippen LogP contribution in [-0.4, -0.2) is 39.3 Å². The van der Waals surface area contributed by atoms with Crippen LogP contribution >= 0.6 is 0 Å². The van der Waals surface area contributed by atoms with Crippen molar-refractivity contribution >= 4 is 21.7 Å². The van der Waals surface area contributed by atoms with Crippen LogP contribution in [0.2, 0.25) is 0 Å². The molecule has 0 aliphatic heterocycles. The number of sulfonamides is 1. The van der Waals surface area contributed by atoms with Gasteiger partial charge >= 0.3 is 5.97 Å². The van der Waals surface area contributed by atoms with E-state index in [9.17, 15) is 22.7 Å². The zero-order chi connectivity index (χ0) is 14.6. The van der Waals surface area contributed by atoms with E-state index in [1.54, 1.807) is 0 Å². The Morgan fingerprint density at radius 1 is 1.58 bits per heavy atom. The van der Waals surface area contributed by atoms with Crippen molar-refractivity contribution in [3.63, 3.8) is 0 Å². The van der Waals surface area contributed by atoms with Crippen molar-refractivity contribution in [3.8, 4) is 0 Å². The van der Waals surface area contributed by atoms with Crippen molar-refractivity contribution in [3.05, 3.63) is 24.0 Å². The van der Waals surface area contributed by atoms with Gasteiger partial charge < -0.3 is 15.6 Å². The number of ether oxygens (including phenoxy) is 1. The van der Waals surface area contributed by atoms with Gasteiger partial charge in [-0.15, -0.1) is 0 Å². The molecular weight excluding hydrogens is 279 g/mol. The summed E-state index contributed by atoms with van der Waals surface area (Å²) in [6, 6.07) is 2.77. The first kappa shape index (κ1) is 15.3. The van der Waals surface area contributed by atoms with Crippen LogP contribution in [0.25, 0.3) is 0 Å². The van der Waals surface area contributed by atoms with Crippen LogP contribution in [0.15, 0.2) is 23.1 Å². The highest BCUT2D eigenvalue weighted by molar-refractivity contribution is 7.89. The van der Waals surface area contributed by atoms with Gasteiger partial charge in [-0.3, -0.25) is 0 Å². The highest BCUT2D eigenvalue weighted by atomic mass is 32.2. The third-order valence-corrected chi connectivity index (χ3v) is 3.70. The van der Waals surface area contributed by atoms with E-state index in [0.29, 0.717) is 0 Å². The summed E-state index contributed by atoms with van der Waals surface area (Å²) in [5, 5.41) is 9.25. The van der Waals surface area contributed by atoms with E-state index in [4.69, 9.17) is 5.73 Å². The Morgan fingerprint density at radius 3 is 2.74 bits per heavy atom. The maximum atomic E-state index is 12.8. The lowest BCUT2D eigenvalue weighted by molar-refractivity contribution is -0.149. The number of halogens is 1. The van der Waals surface area contributed by atoms with Crippen LogP contribution in [0.4, 0.5) is 10.1 Å². The van der Waals surface area contributed by atoms with Crippen LogP contribution in [0.5, 0.6) is 0 Å². The number of anilines is 1. The predicted octanol–water partition coefficient (Wildman–Crippen LogP) is -0.780. The lowest BCUT2D eigenvalue weighted by atomic mass is 10.3. The number of aliphatic hydroxyl groups excluding tert-OH is 1. The SMILES string of the molecule is COC(=O)C(O)CNS(=O)(=O)c1ccc(F)cc1N. The molecule has 0 spiro atoms. The van der Waals surface area contributed by atoms with Gasteiger partial charge in [-0.25, -0.2) is 22.3 Å². The highest BCUT2D eigenvalue weighted by Crippen LogP contribution is 2.18. The lowest BCUT2D eigenvalue weighted by Gasteiger charge is -2.11. The standard InChI is InChI=1S/C10H13FN2O5S/c1-18-10(15)8(14)5-13-19(16,17)9-3-2-6(11)4-7(9)12/h2-4,8,13-14H,5,12H2,1H3. The van der Waals surface area contributed by atoms with Crippen molar-refractivity contribution in [2.75, 3.05) is 19.4 Å². The van der Waals surface area contributed by atoms with Crippen molar-refractivity contribution in [1.29, 1.82) is 0 Å². The molecule has 0 amide bonds. The first-order valence-electron chi connectivity index (χ1n) is 5.08. The first-order valence-corrected chi connectivity index (χ1v) is 6.57. The second-order valence-corrected chi connectivity index (χ2v) is 5.31. The van der Waals surface area contributed by atoms with E-state index < -0.39 is 34.5 Å². The second kappa shape index (κ2) is 5.95. The fraction of sp³-hybridized carbons (Fsp3) is 0.300. The molecular formula is C10H13FN2O5S. The number of hydrogen-bond acceptors (Lipinski definition) is 6. The molecule has 0 saturated carbocycles. The number of methoxy groups -OCH3 is 1. The van der Waals surface area contributed by atoms with Gasteiger partial charge in [0.15, 0.2) is 6.10 Å². The van der Waals surface area contributed by atoms with E-state index in [-0.39, 0.29) is 10.6 Å². The Morgan fingerprint density at radius 2 is 2.21 bits per heavy atom. The molecule has 0 fully saturated rings. The molecule has 1 aromatic carbocycles. The summed E-state index contributed by atoms with van der Waals surface area (Å²) in [6.45, 7) is -0.578. The number of hydrogen-bond donors (Lipinski definition) is 3. The Balaban J connectivity index is 2.85. The zero-order valence-corrected chi connectivity index (χ0v) is 10.8. The number of nitrogen functional groups attached to an aromatic ring is 1. The summed E-state index contributed by atoms with van der Waals surface area (Å²) in [4.78, 5) is 10.6. The summed E-state index contributed by atoms with van der Waals surface area (Å²) in [6.07, 6.45) is -1.64. The molecule has 1 rings (SSSR count). The Hall–Kier alpha value is -1.71. The predicted molar refractivity (Wildman–Crippen MR) is 64.0 cm³/mol. The fourth-order valence-corrected chi connectivity index (χ4v) is 2.40. The second-order valence-electron chi connectivity index (χ2n) is 3.57. The molecule has 0 heterocycles. The molecule has 19 heavy (non-hydrogen) atoms. The van der Waals surface area contributed by atoms with E-state index in [0.717, 1.165) is 25.3 Å². The third-order valence-electron chi connectivity index (χ3n) is 2.20. The van der Waals surface area contributed by atoms with Gasteiger partial charge in [-0.1, -0.05) is 0 Å². The minimum absolute atomic E-state index is 0.278. The van der Waals surface area contributed by atoms with Crippen LogP contribution in [0.1, 0.15) is 0 Å².